The number of aromatic nitrogens is 1. The normalized spacial score (nSPS) is 19.7. The van der Waals surface area contributed by atoms with Gasteiger partial charge in [-0.3, -0.25) is 0 Å². The van der Waals surface area contributed by atoms with Crippen LogP contribution in [0.3, 0.4) is 0 Å². The van der Waals surface area contributed by atoms with Gasteiger partial charge in [0.25, 0.3) is 0 Å². The molecule has 3 nitrogen and oxygen atoms in total. The van der Waals surface area contributed by atoms with Crippen LogP contribution in [0.5, 0.6) is 0 Å². The average Bonchev–Trinajstić information content (AvgIpc) is 3.00. The molecule has 1 aromatic heterocycles. The zero-order valence-electron chi connectivity index (χ0n) is 9.32. The molecule has 0 saturated carbocycles. The lowest BCUT2D eigenvalue weighted by Crippen LogP contribution is -2.08. The van der Waals surface area contributed by atoms with Crippen molar-refractivity contribution in [2.45, 2.75) is 12.3 Å². The summed E-state index contributed by atoms with van der Waals surface area (Å²) in [6.45, 7) is 2.05. The van der Waals surface area contributed by atoms with E-state index < -0.39 is 0 Å². The van der Waals surface area contributed by atoms with Crippen LogP contribution in [0.25, 0.3) is 11.5 Å². The first-order valence-electron chi connectivity index (χ1n) is 5.75. The molecule has 3 rings (SSSR count). The van der Waals surface area contributed by atoms with Crippen molar-refractivity contribution >= 4 is 11.6 Å². The van der Waals surface area contributed by atoms with Gasteiger partial charge in [-0.25, -0.2) is 4.98 Å². The number of hydrogen-bond donors (Lipinski definition) is 1. The van der Waals surface area contributed by atoms with Crippen LogP contribution < -0.4 is 5.32 Å². The van der Waals surface area contributed by atoms with Gasteiger partial charge in [0.2, 0.25) is 5.89 Å². The Hall–Kier alpha value is -1.32. The number of nitrogens with zero attached hydrogens (tertiary/aromatic N) is 1. The molecular formula is C13H13ClN2O. The number of hydrogen-bond acceptors (Lipinski definition) is 3. The van der Waals surface area contributed by atoms with E-state index in [9.17, 15) is 0 Å². The highest BCUT2D eigenvalue weighted by atomic mass is 35.5. The molecule has 1 unspecified atom stereocenters. The topological polar surface area (TPSA) is 38.1 Å². The van der Waals surface area contributed by atoms with Crippen LogP contribution in [0.4, 0.5) is 0 Å². The van der Waals surface area contributed by atoms with Crippen molar-refractivity contribution in [3.05, 3.63) is 41.2 Å². The number of nitrogens with one attached hydrogen (secondary N) is 1. The zero-order valence-corrected chi connectivity index (χ0v) is 10.1. The molecule has 17 heavy (non-hydrogen) atoms. The lowest BCUT2D eigenvalue weighted by atomic mass is 10.1. The minimum absolute atomic E-state index is 0.478. The van der Waals surface area contributed by atoms with Crippen LogP contribution >= 0.6 is 11.6 Å². The predicted molar refractivity (Wildman–Crippen MR) is 67.2 cm³/mol. The van der Waals surface area contributed by atoms with Crippen LogP contribution in [-0.4, -0.2) is 18.1 Å². The summed E-state index contributed by atoms with van der Waals surface area (Å²) in [4.78, 5) is 4.54. The molecule has 0 aliphatic carbocycles. The maximum absolute atomic E-state index is 5.95. The molecule has 2 aromatic rings. The van der Waals surface area contributed by atoms with E-state index in [0.717, 1.165) is 30.8 Å². The Morgan fingerprint density at radius 3 is 3.12 bits per heavy atom. The van der Waals surface area contributed by atoms with Gasteiger partial charge >= 0.3 is 0 Å². The molecule has 1 N–H and O–H groups in total. The van der Waals surface area contributed by atoms with Crippen molar-refractivity contribution in [3.8, 4) is 11.5 Å². The first-order valence-corrected chi connectivity index (χ1v) is 6.13. The summed E-state index contributed by atoms with van der Waals surface area (Å²) in [5, 5.41) is 4.03. The number of halogens is 1. The Balaban J connectivity index is 1.89. The second-order valence-electron chi connectivity index (χ2n) is 4.28. The molecule has 0 amide bonds. The largest absolute Gasteiger partial charge is 0.444 e. The minimum atomic E-state index is 0.478. The van der Waals surface area contributed by atoms with Crippen LogP contribution in [0.2, 0.25) is 5.02 Å². The van der Waals surface area contributed by atoms with E-state index in [1.54, 1.807) is 6.26 Å². The molecule has 1 aliphatic rings. The lowest BCUT2D eigenvalue weighted by molar-refractivity contribution is 0.570. The predicted octanol–water partition coefficient (Wildman–Crippen LogP) is 3.07. The van der Waals surface area contributed by atoms with Crippen LogP contribution in [0, 0.1) is 0 Å². The number of rotatable bonds is 2. The second-order valence-corrected chi connectivity index (χ2v) is 4.71. The third-order valence-corrected chi connectivity index (χ3v) is 3.31. The first-order chi connectivity index (χ1) is 8.33. The highest BCUT2D eigenvalue weighted by molar-refractivity contribution is 6.30. The maximum atomic E-state index is 5.95. The van der Waals surface area contributed by atoms with Gasteiger partial charge in [0.15, 0.2) is 0 Å². The molecule has 1 aliphatic heterocycles. The van der Waals surface area contributed by atoms with Gasteiger partial charge < -0.3 is 9.73 Å². The summed E-state index contributed by atoms with van der Waals surface area (Å²) in [5.74, 6) is 1.13. The number of oxazole rings is 1. The van der Waals surface area contributed by atoms with Crippen LogP contribution in [0.15, 0.2) is 34.9 Å². The molecule has 0 radical (unpaired) electrons. The molecule has 0 bridgehead atoms. The Bertz CT molecular complexity index is 518. The third kappa shape index (κ3) is 2.21. The highest BCUT2D eigenvalue weighted by Crippen LogP contribution is 2.26. The fourth-order valence-corrected chi connectivity index (χ4v) is 2.33. The highest BCUT2D eigenvalue weighted by Gasteiger charge is 2.20. The molecule has 1 saturated heterocycles. The summed E-state index contributed by atoms with van der Waals surface area (Å²) in [6.07, 6.45) is 2.88. The zero-order chi connectivity index (χ0) is 11.7. The van der Waals surface area contributed by atoms with Gasteiger partial charge in [0.1, 0.15) is 6.26 Å². The van der Waals surface area contributed by atoms with E-state index >= 15 is 0 Å². The third-order valence-electron chi connectivity index (χ3n) is 3.07. The quantitative estimate of drug-likeness (QED) is 0.888. The monoisotopic (exact) mass is 248 g/mol. The summed E-state index contributed by atoms with van der Waals surface area (Å²) < 4.78 is 5.52. The maximum Gasteiger partial charge on any atom is 0.226 e. The standard InChI is InChI=1S/C13H13ClN2O/c14-11-3-1-2-9(6-11)13-16-12(8-17-13)10-4-5-15-7-10/h1-3,6,8,10,15H,4-5,7H2. The second kappa shape index (κ2) is 4.51. The van der Waals surface area contributed by atoms with E-state index in [-0.39, 0.29) is 0 Å². The Labute approximate surface area is 105 Å². The SMILES string of the molecule is Clc1cccc(-c2nc(C3CCNC3)co2)c1. The van der Waals surface area contributed by atoms with E-state index in [1.165, 1.54) is 0 Å². The minimum Gasteiger partial charge on any atom is -0.444 e. The van der Waals surface area contributed by atoms with Crippen molar-refractivity contribution in [2.24, 2.45) is 0 Å². The van der Waals surface area contributed by atoms with Crippen molar-refractivity contribution in [1.82, 2.24) is 10.3 Å². The molecule has 1 aromatic carbocycles. The Morgan fingerprint density at radius 2 is 2.35 bits per heavy atom. The van der Waals surface area contributed by atoms with Gasteiger partial charge in [0.05, 0.1) is 5.69 Å². The molecule has 88 valence electrons. The first kappa shape index (κ1) is 10.8. The smallest absolute Gasteiger partial charge is 0.226 e. The summed E-state index contributed by atoms with van der Waals surface area (Å²) in [6, 6.07) is 7.56. The lowest BCUT2D eigenvalue weighted by Gasteiger charge is -2.01. The summed E-state index contributed by atoms with van der Waals surface area (Å²) in [7, 11) is 0. The van der Waals surface area contributed by atoms with Gasteiger partial charge in [-0.2, -0.15) is 0 Å². The van der Waals surface area contributed by atoms with Crippen molar-refractivity contribution in [3.63, 3.8) is 0 Å². The molecule has 0 spiro atoms. The average molecular weight is 249 g/mol. The van der Waals surface area contributed by atoms with Gasteiger partial charge in [-0.15, -0.1) is 0 Å². The Morgan fingerprint density at radius 1 is 1.41 bits per heavy atom. The fraction of sp³-hybridized carbons (Fsp3) is 0.308. The summed E-state index contributed by atoms with van der Waals surface area (Å²) in [5.41, 5.74) is 1.96. The van der Waals surface area contributed by atoms with Gasteiger partial charge in [-0.05, 0) is 31.2 Å². The van der Waals surface area contributed by atoms with Gasteiger partial charge in [0, 0.05) is 23.0 Å². The van der Waals surface area contributed by atoms with E-state index in [1.807, 2.05) is 24.3 Å². The van der Waals surface area contributed by atoms with Crippen LogP contribution in [-0.2, 0) is 0 Å². The van der Waals surface area contributed by atoms with Crippen molar-refractivity contribution in [1.29, 1.82) is 0 Å². The number of benzene rings is 1. The Kier molecular flexibility index (Phi) is 2.87. The van der Waals surface area contributed by atoms with Crippen molar-refractivity contribution < 1.29 is 4.42 Å². The van der Waals surface area contributed by atoms with E-state index in [0.29, 0.717) is 16.8 Å². The van der Waals surface area contributed by atoms with Crippen molar-refractivity contribution in [2.75, 3.05) is 13.1 Å². The fourth-order valence-electron chi connectivity index (χ4n) is 2.13. The molecule has 1 atom stereocenters. The molecular weight excluding hydrogens is 236 g/mol. The molecule has 4 heteroatoms. The summed E-state index contributed by atoms with van der Waals surface area (Å²) >= 11 is 5.95. The van der Waals surface area contributed by atoms with E-state index in [2.05, 4.69) is 10.3 Å². The molecule has 2 heterocycles. The molecule has 1 fully saturated rings. The van der Waals surface area contributed by atoms with Gasteiger partial charge in [-0.1, -0.05) is 17.7 Å². The van der Waals surface area contributed by atoms with Crippen LogP contribution in [0.1, 0.15) is 18.0 Å². The van der Waals surface area contributed by atoms with E-state index in [4.69, 9.17) is 16.0 Å².